The summed E-state index contributed by atoms with van der Waals surface area (Å²) in [6, 6.07) is 32.2. The predicted octanol–water partition coefficient (Wildman–Crippen LogP) is 5.08. The highest BCUT2D eigenvalue weighted by molar-refractivity contribution is 6.26. The first-order valence-electron chi connectivity index (χ1n) is 9.88. The van der Waals surface area contributed by atoms with Crippen LogP contribution in [0.25, 0.3) is 32.8 Å². The fourth-order valence-electron chi connectivity index (χ4n) is 4.44. The lowest BCUT2D eigenvalue weighted by atomic mass is 9.87. The summed E-state index contributed by atoms with van der Waals surface area (Å²) in [6.45, 7) is 0. The average Bonchev–Trinajstić information content (AvgIpc) is 3.40. The van der Waals surface area contributed by atoms with Gasteiger partial charge in [0.2, 0.25) is 5.69 Å². The highest BCUT2D eigenvalue weighted by atomic mass is 14.8. The maximum absolute atomic E-state index is 3.47. The Kier molecular flexibility index (Phi) is 3.50. The molecular weight excluding hydrogens is 352 g/mol. The molecule has 0 spiro atoms. The molecule has 2 N–H and O–H groups in total. The van der Waals surface area contributed by atoms with Gasteiger partial charge in [0.15, 0.2) is 6.21 Å². The van der Waals surface area contributed by atoms with Gasteiger partial charge in [0, 0.05) is 34.3 Å². The molecule has 6 rings (SSSR count). The molecule has 0 aliphatic carbocycles. The van der Waals surface area contributed by atoms with Crippen molar-refractivity contribution < 1.29 is 4.99 Å². The van der Waals surface area contributed by atoms with Crippen LogP contribution in [-0.2, 0) is 0 Å². The van der Waals surface area contributed by atoms with Gasteiger partial charge in [0.25, 0.3) is 0 Å². The maximum Gasteiger partial charge on any atom is 0.211 e. The molecule has 0 radical (unpaired) electrons. The lowest BCUT2D eigenvalue weighted by molar-refractivity contribution is -0.342. The number of H-pyrrole nitrogens is 1. The van der Waals surface area contributed by atoms with Gasteiger partial charge in [0.05, 0.1) is 11.1 Å². The minimum atomic E-state index is 1.15. The van der Waals surface area contributed by atoms with E-state index in [0.717, 1.165) is 11.2 Å². The Labute approximate surface area is 168 Å². The Balaban J connectivity index is 1.76. The van der Waals surface area contributed by atoms with Crippen molar-refractivity contribution in [1.82, 2.24) is 4.98 Å². The number of para-hydroxylation sites is 2. The van der Waals surface area contributed by atoms with E-state index >= 15 is 0 Å². The fourth-order valence-corrected chi connectivity index (χ4v) is 4.44. The van der Waals surface area contributed by atoms with Crippen molar-refractivity contribution in [3.05, 3.63) is 114 Å². The van der Waals surface area contributed by atoms with Crippen molar-refractivity contribution in [2.45, 2.75) is 0 Å². The number of benzene rings is 4. The first kappa shape index (κ1) is 16.1. The topological polar surface area (TPSA) is 29.8 Å². The number of aromatic amines is 1. The van der Waals surface area contributed by atoms with Crippen LogP contribution in [0.4, 0.5) is 5.69 Å². The van der Waals surface area contributed by atoms with Gasteiger partial charge in [-0.1, -0.05) is 72.8 Å². The van der Waals surface area contributed by atoms with Crippen molar-refractivity contribution in [3.8, 4) is 0 Å². The van der Waals surface area contributed by atoms with Gasteiger partial charge in [-0.3, -0.25) is 0 Å². The van der Waals surface area contributed by atoms with Gasteiger partial charge in [-0.15, -0.1) is 0 Å². The summed E-state index contributed by atoms with van der Waals surface area (Å²) in [5.74, 6) is 0. The molecule has 0 atom stereocenters. The Hall–Kier alpha value is -3.91. The van der Waals surface area contributed by atoms with E-state index < -0.39 is 0 Å². The standard InChI is InChI=1S/C27H18N2/c1-2-10-19-18(8-1)9-7-13-22(19)27(23-16-28-25-14-5-3-11-20(23)25)24-17-29-26-15-6-4-12-21(24)26/h1-17,28H/p+1. The Morgan fingerprint density at radius 3 is 2.38 bits per heavy atom. The van der Waals surface area contributed by atoms with Gasteiger partial charge >= 0.3 is 0 Å². The number of hydrogen-bond acceptors (Lipinski definition) is 0. The molecule has 5 aromatic rings. The van der Waals surface area contributed by atoms with E-state index in [1.807, 2.05) is 0 Å². The highest BCUT2D eigenvalue weighted by Gasteiger charge is 2.25. The SMILES string of the molecule is C1=[NH+]c2ccccc2C1=C(c1cccc2ccccc12)c1c[nH]c2ccccc12. The number of allylic oxidation sites excluding steroid dienone is 1. The predicted molar refractivity (Wildman–Crippen MR) is 121 cm³/mol. The summed E-state index contributed by atoms with van der Waals surface area (Å²) in [4.78, 5) is 6.93. The van der Waals surface area contributed by atoms with Crippen LogP contribution in [0.1, 0.15) is 16.7 Å². The lowest BCUT2D eigenvalue weighted by Crippen LogP contribution is -2.58. The van der Waals surface area contributed by atoms with E-state index in [-0.39, 0.29) is 0 Å². The molecule has 0 saturated heterocycles. The molecule has 136 valence electrons. The number of hydrogen-bond donors (Lipinski definition) is 2. The molecule has 0 bridgehead atoms. The van der Waals surface area contributed by atoms with Gasteiger partial charge in [0.1, 0.15) is 0 Å². The van der Waals surface area contributed by atoms with Crippen LogP contribution in [0.5, 0.6) is 0 Å². The first-order chi connectivity index (χ1) is 14.4. The zero-order chi connectivity index (χ0) is 19.2. The molecule has 0 unspecified atom stereocenters. The van der Waals surface area contributed by atoms with E-state index in [2.05, 4.69) is 113 Å². The second kappa shape index (κ2) is 6.32. The molecular formula is C27H19N2+. The minimum absolute atomic E-state index is 1.15. The third-order valence-corrected chi connectivity index (χ3v) is 5.78. The smallest absolute Gasteiger partial charge is 0.211 e. The molecule has 1 aliphatic heterocycles. The second-order valence-electron chi connectivity index (χ2n) is 7.40. The van der Waals surface area contributed by atoms with E-state index in [1.54, 1.807) is 0 Å². The number of fused-ring (bicyclic) bond motifs is 3. The molecule has 1 aliphatic rings. The summed E-state index contributed by atoms with van der Waals surface area (Å²) in [5, 5.41) is 3.75. The molecule has 2 heterocycles. The molecule has 0 amide bonds. The zero-order valence-electron chi connectivity index (χ0n) is 15.8. The highest BCUT2D eigenvalue weighted by Crippen LogP contribution is 2.39. The summed E-state index contributed by atoms with van der Waals surface area (Å²) in [5.41, 5.74) is 8.48. The summed E-state index contributed by atoms with van der Waals surface area (Å²) < 4.78 is 0. The second-order valence-corrected chi connectivity index (χ2v) is 7.40. The fraction of sp³-hybridized carbons (Fsp3) is 0. The number of aromatic nitrogens is 1. The maximum atomic E-state index is 3.47. The minimum Gasteiger partial charge on any atom is -0.361 e. The largest absolute Gasteiger partial charge is 0.361 e. The molecule has 29 heavy (non-hydrogen) atoms. The molecule has 0 saturated carbocycles. The van der Waals surface area contributed by atoms with Gasteiger partial charge < -0.3 is 4.98 Å². The van der Waals surface area contributed by atoms with Gasteiger partial charge in [-0.2, -0.15) is 0 Å². The van der Waals surface area contributed by atoms with Crippen molar-refractivity contribution in [3.63, 3.8) is 0 Å². The first-order valence-corrected chi connectivity index (χ1v) is 9.88. The lowest BCUT2D eigenvalue weighted by Gasteiger charge is -2.13. The van der Waals surface area contributed by atoms with Crippen LogP contribution in [0.2, 0.25) is 0 Å². The summed E-state index contributed by atoms with van der Waals surface area (Å²) in [7, 11) is 0. The quantitative estimate of drug-likeness (QED) is 0.434. The van der Waals surface area contributed by atoms with Crippen LogP contribution < -0.4 is 4.99 Å². The summed E-state index contributed by atoms with van der Waals surface area (Å²) in [6.07, 6.45) is 4.28. The average molecular weight is 371 g/mol. The third-order valence-electron chi connectivity index (χ3n) is 5.78. The van der Waals surface area contributed by atoms with E-state index in [9.17, 15) is 0 Å². The van der Waals surface area contributed by atoms with E-state index in [4.69, 9.17) is 0 Å². The van der Waals surface area contributed by atoms with Crippen LogP contribution in [0.15, 0.2) is 97.2 Å². The van der Waals surface area contributed by atoms with Crippen LogP contribution in [0, 0.1) is 0 Å². The Morgan fingerprint density at radius 2 is 1.41 bits per heavy atom. The monoisotopic (exact) mass is 371 g/mol. The van der Waals surface area contributed by atoms with E-state index in [0.29, 0.717) is 0 Å². The van der Waals surface area contributed by atoms with Crippen LogP contribution in [0.3, 0.4) is 0 Å². The molecule has 2 heteroatoms. The van der Waals surface area contributed by atoms with Crippen molar-refractivity contribution >= 4 is 44.7 Å². The molecule has 2 nitrogen and oxygen atoms in total. The molecule has 1 aromatic heterocycles. The third kappa shape index (κ3) is 2.46. The van der Waals surface area contributed by atoms with Crippen molar-refractivity contribution in [2.75, 3.05) is 0 Å². The van der Waals surface area contributed by atoms with Crippen LogP contribution >= 0.6 is 0 Å². The van der Waals surface area contributed by atoms with Crippen LogP contribution in [-0.4, -0.2) is 11.2 Å². The molecule has 0 fully saturated rings. The van der Waals surface area contributed by atoms with Gasteiger partial charge in [-0.25, -0.2) is 4.99 Å². The Bertz CT molecular complexity index is 1440. The van der Waals surface area contributed by atoms with Crippen molar-refractivity contribution in [2.24, 2.45) is 0 Å². The Morgan fingerprint density at radius 1 is 0.655 bits per heavy atom. The number of nitrogens with one attached hydrogen (secondary N) is 2. The van der Waals surface area contributed by atoms with E-state index in [1.165, 1.54) is 44.0 Å². The zero-order valence-corrected chi connectivity index (χ0v) is 15.8. The van der Waals surface area contributed by atoms with Crippen molar-refractivity contribution in [1.29, 1.82) is 0 Å². The number of rotatable bonds is 2. The normalized spacial score (nSPS) is 14.5. The van der Waals surface area contributed by atoms with Gasteiger partial charge in [-0.05, 0) is 28.5 Å². The molecule has 4 aromatic carbocycles. The summed E-state index contributed by atoms with van der Waals surface area (Å²) >= 11 is 0.